The maximum atomic E-state index is 11.8. The lowest BCUT2D eigenvalue weighted by Gasteiger charge is -2.51. The summed E-state index contributed by atoms with van der Waals surface area (Å²) < 4.78 is 59.3. The molecule has 6 unspecified atom stereocenters. The van der Waals surface area contributed by atoms with Crippen molar-refractivity contribution in [1.29, 1.82) is 0 Å². The molecule has 334 valence electrons. The van der Waals surface area contributed by atoms with Crippen LogP contribution in [0, 0.1) is 35.5 Å². The zero-order chi connectivity index (χ0) is 43.8. The van der Waals surface area contributed by atoms with Crippen molar-refractivity contribution in [3.63, 3.8) is 0 Å². The second kappa shape index (κ2) is 21.5. The van der Waals surface area contributed by atoms with Crippen molar-refractivity contribution in [2.24, 2.45) is 40.6 Å². The van der Waals surface area contributed by atoms with E-state index in [1.807, 2.05) is 67.6 Å². The molecule has 0 saturated carbocycles. The van der Waals surface area contributed by atoms with Gasteiger partial charge in [0.2, 0.25) is 0 Å². The fourth-order valence-corrected chi connectivity index (χ4v) is 9.21. The van der Waals surface area contributed by atoms with Gasteiger partial charge in [-0.05, 0) is 58.5 Å². The number of azide groups is 1. The summed E-state index contributed by atoms with van der Waals surface area (Å²) in [6.45, 7) is 26.4. The zero-order valence-electron chi connectivity index (χ0n) is 37.9. The molecule has 13 nitrogen and oxygen atoms in total. The van der Waals surface area contributed by atoms with Crippen LogP contribution in [-0.2, 0) is 60.3 Å². The molecule has 3 aliphatic rings. The molecule has 2 aromatic carbocycles. The van der Waals surface area contributed by atoms with Crippen LogP contribution in [0.25, 0.3) is 10.4 Å². The van der Waals surface area contributed by atoms with E-state index in [1.165, 1.54) is 6.92 Å². The third kappa shape index (κ3) is 12.2. The fourth-order valence-electron chi connectivity index (χ4n) is 8.08. The van der Waals surface area contributed by atoms with E-state index in [0.29, 0.717) is 13.2 Å². The smallest absolute Gasteiger partial charge is 0.302 e. The average Bonchev–Trinajstić information content (AvgIpc) is 3.20. The zero-order valence-corrected chi connectivity index (χ0v) is 38.9. The van der Waals surface area contributed by atoms with E-state index in [4.69, 9.17) is 42.3 Å². The molecule has 0 N–H and O–H groups in total. The summed E-state index contributed by atoms with van der Waals surface area (Å²) in [5, 5.41) is 4.16. The maximum Gasteiger partial charge on any atom is 0.302 e. The molecule has 3 heterocycles. The van der Waals surface area contributed by atoms with Crippen molar-refractivity contribution < 1.29 is 47.1 Å². The quantitative estimate of drug-likeness (QED) is 0.0495. The van der Waals surface area contributed by atoms with Crippen LogP contribution in [0.1, 0.15) is 80.4 Å². The molecule has 14 heteroatoms. The Morgan fingerprint density at radius 2 is 1.13 bits per heavy atom. The number of hydrogen-bond donors (Lipinski definition) is 0. The molecule has 3 aliphatic heterocycles. The van der Waals surface area contributed by atoms with E-state index >= 15 is 0 Å². The number of benzene rings is 2. The molecule has 5 rings (SSSR count). The van der Waals surface area contributed by atoms with Crippen molar-refractivity contribution in [3.8, 4) is 0 Å². The number of ether oxygens (including phenoxy) is 8. The van der Waals surface area contributed by atoms with E-state index in [9.17, 15) is 10.3 Å². The van der Waals surface area contributed by atoms with Gasteiger partial charge in [0.1, 0.15) is 18.8 Å². The number of carbonyl (C=O) groups excluding carboxylic acids is 1. The van der Waals surface area contributed by atoms with Gasteiger partial charge in [-0.2, -0.15) is 0 Å². The van der Waals surface area contributed by atoms with Gasteiger partial charge in [-0.25, -0.2) is 0 Å². The van der Waals surface area contributed by atoms with E-state index in [1.54, 1.807) is 0 Å². The molecule has 3 fully saturated rings. The summed E-state index contributed by atoms with van der Waals surface area (Å²) in [7, 11) is -2.37. The van der Waals surface area contributed by atoms with Crippen LogP contribution >= 0.6 is 0 Å². The van der Waals surface area contributed by atoms with E-state index in [0.717, 1.165) is 11.1 Å². The van der Waals surface area contributed by atoms with Crippen LogP contribution < -0.4 is 0 Å². The van der Waals surface area contributed by atoms with Crippen LogP contribution in [0.5, 0.6) is 0 Å². The van der Waals surface area contributed by atoms with Gasteiger partial charge in [-0.1, -0.05) is 128 Å². The molecule has 2 aromatic rings. The van der Waals surface area contributed by atoms with Crippen molar-refractivity contribution >= 4 is 14.3 Å². The van der Waals surface area contributed by atoms with Crippen molar-refractivity contribution in [1.82, 2.24) is 0 Å². The summed E-state index contributed by atoms with van der Waals surface area (Å²) in [5.41, 5.74) is 11.9. The summed E-state index contributed by atoms with van der Waals surface area (Å²) in [6, 6.07) is 19.4. The molecule has 0 aromatic heterocycles. The number of esters is 1. The highest BCUT2D eigenvalue weighted by atomic mass is 28.4. The molecule has 60 heavy (non-hydrogen) atoms. The number of carbonyl (C=O) groups is 1. The Labute approximate surface area is 359 Å². The van der Waals surface area contributed by atoms with Crippen LogP contribution in [0.4, 0.5) is 0 Å². The lowest BCUT2D eigenvalue weighted by atomic mass is 9.78. The molecule has 0 bridgehead atoms. The van der Waals surface area contributed by atoms with Crippen molar-refractivity contribution in [2.45, 2.75) is 156 Å². The molecule has 0 spiro atoms. The fraction of sp³-hybridized carbons (Fsp3) is 0.717. The molecule has 0 amide bonds. The summed E-state index contributed by atoms with van der Waals surface area (Å²) in [6.07, 6.45) is -4.44. The minimum absolute atomic E-state index is 0.0620. The predicted molar refractivity (Wildman–Crippen MR) is 231 cm³/mol. The highest BCUT2D eigenvalue weighted by molar-refractivity contribution is 6.74. The minimum atomic E-state index is -2.37. The lowest BCUT2D eigenvalue weighted by molar-refractivity contribution is -0.348. The topological polar surface area (TPSA) is 149 Å². The normalized spacial score (nSPS) is 35.0. The molecular weight excluding hydrogens is 783 g/mol. The Morgan fingerprint density at radius 1 is 0.667 bits per heavy atom. The van der Waals surface area contributed by atoms with Gasteiger partial charge in [0, 0.05) is 23.7 Å². The highest BCUT2D eigenvalue weighted by Gasteiger charge is 2.52. The first-order valence-electron chi connectivity index (χ1n) is 21.8. The largest absolute Gasteiger partial charge is 0.463 e. The average molecular weight is 854 g/mol. The van der Waals surface area contributed by atoms with Gasteiger partial charge in [-0.15, -0.1) is 0 Å². The SMILES string of the molecule is CC(=O)OCC1O[C@@H](O[C@@H]2C(COCc3ccccc3)O[C@@H](O[C@@H]3C(COCc4ccccc4)O[C@@H](O[Si](C)(C)C(C)(C)C)C(N=[N+]=[N-])[C@H]3C)C(C)[C@H]2C)C(C)[C@@H](C)[C@@H]1C. The first-order valence-corrected chi connectivity index (χ1v) is 24.7. The van der Waals surface area contributed by atoms with Gasteiger partial charge in [0.25, 0.3) is 0 Å². The molecule has 3 saturated heterocycles. The Kier molecular flexibility index (Phi) is 17.2. The standard InChI is InChI=1S/C46H71N3O10Si/c1-28-29(2)37(27-53-34(7)50)54-43(31(28)4)57-41-30(3)32(5)44(55-38(41)25-51-23-35-19-15-13-16-20-35)58-42-33(6)40(48-49-47)45(59-60(11,12)46(8,9)10)56-39(42)26-52-24-36-21-17-14-18-22-36/h13-22,28-33,37-45H,23-27H2,1-12H3/t28-,29-,30+,31?,32?,33+,37?,38?,39?,40?,41-,42-,43-,44-,45-/m0/s1. The predicted octanol–water partition coefficient (Wildman–Crippen LogP) is 9.45. The van der Waals surface area contributed by atoms with Gasteiger partial charge >= 0.3 is 5.97 Å². The molecule has 15 atom stereocenters. The second-order valence-corrected chi connectivity index (χ2v) is 23.6. The Bertz CT molecular complexity index is 1680. The van der Waals surface area contributed by atoms with Crippen LogP contribution in [0.15, 0.2) is 65.8 Å². The third-order valence-electron chi connectivity index (χ3n) is 13.7. The molecule has 0 radical (unpaired) electrons. The number of hydrogen-bond acceptors (Lipinski definition) is 11. The second-order valence-electron chi connectivity index (χ2n) is 18.9. The summed E-state index contributed by atoms with van der Waals surface area (Å²) in [4.78, 5) is 15.0. The van der Waals surface area contributed by atoms with Crippen molar-refractivity contribution in [3.05, 3.63) is 82.2 Å². The first kappa shape index (κ1) is 48.2. The van der Waals surface area contributed by atoms with Gasteiger partial charge in [-0.3, -0.25) is 4.79 Å². The van der Waals surface area contributed by atoms with Crippen LogP contribution in [0.3, 0.4) is 0 Å². The highest BCUT2D eigenvalue weighted by Crippen LogP contribution is 2.44. The minimum Gasteiger partial charge on any atom is -0.463 e. The third-order valence-corrected chi connectivity index (χ3v) is 18.1. The summed E-state index contributed by atoms with van der Waals surface area (Å²) >= 11 is 0. The van der Waals surface area contributed by atoms with Crippen LogP contribution in [0.2, 0.25) is 18.1 Å². The maximum absolute atomic E-state index is 11.8. The van der Waals surface area contributed by atoms with Crippen molar-refractivity contribution in [2.75, 3.05) is 19.8 Å². The lowest BCUT2D eigenvalue weighted by Crippen LogP contribution is -2.61. The molecular formula is C46H71N3O10Si. The Hall–Kier alpha value is -2.88. The first-order chi connectivity index (χ1) is 28.4. The van der Waals surface area contributed by atoms with E-state index in [-0.39, 0.29) is 72.4 Å². The van der Waals surface area contributed by atoms with E-state index in [2.05, 4.69) is 78.5 Å². The Morgan fingerprint density at radius 3 is 1.62 bits per heavy atom. The van der Waals surface area contributed by atoms with E-state index < -0.39 is 57.6 Å². The van der Waals surface area contributed by atoms with Gasteiger partial charge < -0.3 is 42.3 Å². The van der Waals surface area contributed by atoms with Gasteiger partial charge in [0.15, 0.2) is 27.2 Å². The number of nitrogens with zero attached hydrogens (tertiary/aromatic N) is 3. The number of rotatable bonds is 17. The monoisotopic (exact) mass is 853 g/mol. The Balaban J connectivity index is 1.41. The molecule has 0 aliphatic carbocycles. The van der Waals surface area contributed by atoms with Gasteiger partial charge in [0.05, 0.1) is 50.8 Å². The summed E-state index contributed by atoms with van der Waals surface area (Å²) in [5.74, 6) is -0.416. The van der Waals surface area contributed by atoms with Crippen LogP contribution in [-0.4, -0.2) is 89.5 Å².